The van der Waals surface area contributed by atoms with Gasteiger partial charge in [0.1, 0.15) is 6.10 Å². The Bertz CT molecular complexity index is 1190. The van der Waals surface area contributed by atoms with Crippen LogP contribution in [0.4, 0.5) is 5.69 Å². The number of aromatic amines is 1. The summed E-state index contributed by atoms with van der Waals surface area (Å²) in [6.45, 7) is 6.95. The van der Waals surface area contributed by atoms with Crippen molar-refractivity contribution in [2.45, 2.75) is 45.6 Å². The number of halogens is 1. The highest BCUT2D eigenvalue weighted by molar-refractivity contribution is 6.33. The van der Waals surface area contributed by atoms with Gasteiger partial charge >= 0.3 is 5.97 Å². The van der Waals surface area contributed by atoms with Crippen molar-refractivity contribution in [3.8, 4) is 17.1 Å². The maximum atomic E-state index is 11.6. The van der Waals surface area contributed by atoms with Crippen molar-refractivity contribution in [3.05, 3.63) is 41.4 Å². The lowest BCUT2D eigenvalue weighted by molar-refractivity contribution is -0.151. The van der Waals surface area contributed by atoms with Gasteiger partial charge in [-0.05, 0) is 63.6 Å². The minimum atomic E-state index is -0.730. The van der Waals surface area contributed by atoms with E-state index in [9.17, 15) is 9.90 Å². The van der Waals surface area contributed by atoms with Gasteiger partial charge in [0.15, 0.2) is 5.88 Å². The zero-order chi connectivity index (χ0) is 24.6. The SMILES string of the molecule is CC(C)(C(=O)O)C1CCC(Oc2cc3nc(-c4ccc(N5CCOCC5)cc4)c(Cl)cc3[nH]2)CC1. The number of pyridine rings is 1. The molecule has 186 valence electrons. The smallest absolute Gasteiger partial charge is 0.309 e. The number of hydrogen-bond acceptors (Lipinski definition) is 5. The molecule has 0 unspecified atom stereocenters. The highest BCUT2D eigenvalue weighted by Gasteiger charge is 2.39. The van der Waals surface area contributed by atoms with Crippen LogP contribution in [0.15, 0.2) is 36.4 Å². The van der Waals surface area contributed by atoms with E-state index >= 15 is 0 Å². The summed E-state index contributed by atoms with van der Waals surface area (Å²) < 4.78 is 11.7. The van der Waals surface area contributed by atoms with Gasteiger partial charge in [-0.25, -0.2) is 4.98 Å². The second-order valence-corrected chi connectivity index (χ2v) is 10.6. The monoisotopic (exact) mass is 497 g/mol. The number of fused-ring (bicyclic) bond motifs is 1. The molecule has 1 aliphatic heterocycles. The number of carboxylic acids is 1. The Morgan fingerprint density at radius 3 is 2.49 bits per heavy atom. The van der Waals surface area contributed by atoms with Crippen LogP contribution in [-0.2, 0) is 9.53 Å². The highest BCUT2D eigenvalue weighted by atomic mass is 35.5. The maximum Gasteiger partial charge on any atom is 0.309 e. The Hall–Kier alpha value is -2.77. The van der Waals surface area contributed by atoms with Gasteiger partial charge in [-0.3, -0.25) is 4.79 Å². The first-order chi connectivity index (χ1) is 16.8. The number of rotatable bonds is 6. The predicted molar refractivity (Wildman–Crippen MR) is 137 cm³/mol. The lowest BCUT2D eigenvalue weighted by Gasteiger charge is -2.36. The molecule has 1 aromatic carbocycles. The average Bonchev–Trinajstić information content (AvgIpc) is 3.25. The predicted octanol–water partition coefficient (Wildman–Crippen LogP) is 5.77. The minimum absolute atomic E-state index is 0.0616. The van der Waals surface area contributed by atoms with E-state index in [1.54, 1.807) is 0 Å². The second-order valence-electron chi connectivity index (χ2n) is 10.1. The molecular weight excluding hydrogens is 466 g/mol. The molecule has 0 amide bonds. The molecule has 2 aliphatic rings. The van der Waals surface area contributed by atoms with E-state index in [1.807, 2.05) is 26.0 Å². The van der Waals surface area contributed by atoms with Gasteiger partial charge in [0, 0.05) is 30.4 Å². The number of carboxylic acid groups (broad SMARTS) is 1. The van der Waals surface area contributed by atoms with Crippen molar-refractivity contribution in [1.29, 1.82) is 0 Å². The van der Waals surface area contributed by atoms with E-state index in [-0.39, 0.29) is 12.0 Å². The summed E-state index contributed by atoms with van der Waals surface area (Å²) in [6, 6.07) is 12.2. The molecule has 0 bridgehead atoms. The Morgan fingerprint density at radius 2 is 1.83 bits per heavy atom. The largest absolute Gasteiger partial charge is 0.481 e. The van der Waals surface area contributed by atoms with Crippen molar-refractivity contribution in [2.24, 2.45) is 11.3 Å². The van der Waals surface area contributed by atoms with E-state index < -0.39 is 11.4 Å². The molecule has 7 nitrogen and oxygen atoms in total. The topological polar surface area (TPSA) is 87.7 Å². The molecule has 0 radical (unpaired) electrons. The van der Waals surface area contributed by atoms with E-state index in [4.69, 9.17) is 26.1 Å². The molecule has 8 heteroatoms. The first-order valence-corrected chi connectivity index (χ1v) is 12.7. The summed E-state index contributed by atoms with van der Waals surface area (Å²) >= 11 is 6.61. The van der Waals surface area contributed by atoms with Crippen LogP contribution in [0.3, 0.4) is 0 Å². The van der Waals surface area contributed by atoms with E-state index in [0.717, 1.165) is 74.3 Å². The Kier molecular flexibility index (Phi) is 6.64. The van der Waals surface area contributed by atoms with Gasteiger partial charge in [-0.2, -0.15) is 0 Å². The fraction of sp³-hybridized carbons (Fsp3) is 0.481. The fourth-order valence-corrected chi connectivity index (χ4v) is 5.44. The summed E-state index contributed by atoms with van der Waals surface area (Å²) in [5.74, 6) is 0.108. The summed E-state index contributed by atoms with van der Waals surface area (Å²) in [4.78, 5) is 22.0. The van der Waals surface area contributed by atoms with Gasteiger partial charge < -0.3 is 24.5 Å². The number of aromatic nitrogens is 2. The molecule has 5 rings (SSSR count). The second kappa shape index (κ2) is 9.70. The number of nitrogens with zero attached hydrogens (tertiary/aromatic N) is 2. The molecule has 2 fully saturated rings. The van der Waals surface area contributed by atoms with Crippen LogP contribution in [0.2, 0.25) is 5.02 Å². The highest BCUT2D eigenvalue weighted by Crippen LogP contribution is 2.40. The van der Waals surface area contributed by atoms with E-state index in [1.165, 1.54) is 5.69 Å². The Balaban J connectivity index is 1.28. The van der Waals surface area contributed by atoms with Crippen LogP contribution in [-0.4, -0.2) is 53.5 Å². The molecule has 1 saturated carbocycles. The number of anilines is 1. The van der Waals surface area contributed by atoms with Crippen molar-refractivity contribution >= 4 is 34.3 Å². The van der Waals surface area contributed by atoms with Crippen LogP contribution in [0.25, 0.3) is 22.3 Å². The number of carbonyl (C=O) groups is 1. The third-order valence-electron chi connectivity index (χ3n) is 7.59. The molecule has 1 aliphatic carbocycles. The zero-order valence-corrected chi connectivity index (χ0v) is 21.0. The van der Waals surface area contributed by atoms with Crippen LogP contribution in [0, 0.1) is 11.3 Å². The molecule has 3 heterocycles. The molecular formula is C27H32ClN3O4. The molecule has 0 spiro atoms. The van der Waals surface area contributed by atoms with E-state index in [0.29, 0.717) is 10.9 Å². The number of aliphatic carboxylic acids is 1. The van der Waals surface area contributed by atoms with Gasteiger partial charge in [-0.15, -0.1) is 0 Å². The van der Waals surface area contributed by atoms with Gasteiger partial charge in [-0.1, -0.05) is 23.7 Å². The van der Waals surface area contributed by atoms with Gasteiger partial charge in [0.05, 0.1) is 40.4 Å². The lowest BCUT2D eigenvalue weighted by atomic mass is 9.70. The number of nitrogens with one attached hydrogen (secondary N) is 1. The summed E-state index contributed by atoms with van der Waals surface area (Å²) in [7, 11) is 0. The lowest BCUT2D eigenvalue weighted by Crippen LogP contribution is -2.37. The van der Waals surface area contributed by atoms with Crippen molar-refractivity contribution in [3.63, 3.8) is 0 Å². The number of ether oxygens (including phenoxy) is 2. The maximum absolute atomic E-state index is 11.6. The van der Waals surface area contributed by atoms with E-state index in [2.05, 4.69) is 34.1 Å². The first-order valence-electron chi connectivity index (χ1n) is 12.3. The van der Waals surface area contributed by atoms with Crippen LogP contribution >= 0.6 is 11.6 Å². The number of benzene rings is 1. The van der Waals surface area contributed by atoms with Crippen LogP contribution in [0.1, 0.15) is 39.5 Å². The minimum Gasteiger partial charge on any atom is -0.481 e. The number of morpholine rings is 1. The average molecular weight is 498 g/mol. The molecule has 35 heavy (non-hydrogen) atoms. The molecule has 0 atom stereocenters. The van der Waals surface area contributed by atoms with Crippen molar-refractivity contribution in [2.75, 3.05) is 31.2 Å². The van der Waals surface area contributed by atoms with Gasteiger partial charge in [0.25, 0.3) is 0 Å². The Morgan fingerprint density at radius 1 is 1.14 bits per heavy atom. The van der Waals surface area contributed by atoms with Crippen molar-refractivity contribution in [1.82, 2.24) is 9.97 Å². The fourth-order valence-electron chi connectivity index (χ4n) is 5.18. The van der Waals surface area contributed by atoms with Crippen molar-refractivity contribution < 1.29 is 19.4 Å². The normalized spacial score (nSPS) is 21.3. The third-order valence-corrected chi connectivity index (χ3v) is 7.88. The summed E-state index contributed by atoms with van der Waals surface area (Å²) in [5.41, 5.74) is 3.82. The Labute approximate surface area is 210 Å². The molecule has 2 aromatic heterocycles. The third kappa shape index (κ3) is 4.98. The molecule has 3 aromatic rings. The first kappa shape index (κ1) is 23.9. The summed E-state index contributed by atoms with van der Waals surface area (Å²) in [5, 5.41) is 10.1. The zero-order valence-electron chi connectivity index (χ0n) is 20.2. The number of H-pyrrole nitrogens is 1. The standard InChI is InChI=1S/C27H32ClN3O4/c1-27(2,26(32)33)18-5-9-20(10-6-18)35-24-16-23-22(29-24)15-21(28)25(30-23)17-3-7-19(8-4-17)31-11-13-34-14-12-31/h3-4,7-8,15-16,18,20,29H,5-6,9-14H2,1-2H3,(H,32,33). The van der Waals surface area contributed by atoms with Gasteiger partial charge in [0.2, 0.25) is 0 Å². The van der Waals surface area contributed by atoms with Crippen LogP contribution < -0.4 is 9.64 Å². The number of hydrogen-bond donors (Lipinski definition) is 2. The van der Waals surface area contributed by atoms with Crippen LogP contribution in [0.5, 0.6) is 5.88 Å². The quantitative estimate of drug-likeness (QED) is 0.449. The molecule has 1 saturated heterocycles. The summed E-state index contributed by atoms with van der Waals surface area (Å²) in [6.07, 6.45) is 3.43. The molecule has 2 N–H and O–H groups in total.